The van der Waals surface area contributed by atoms with Crippen LogP contribution in [0, 0.1) is 0 Å². The van der Waals surface area contributed by atoms with Crippen molar-refractivity contribution in [1.82, 2.24) is 4.90 Å². The van der Waals surface area contributed by atoms with Crippen LogP contribution in [0.2, 0.25) is 0 Å². The number of rotatable bonds is 6. The van der Waals surface area contributed by atoms with Gasteiger partial charge in [0, 0.05) is 12.6 Å². The lowest BCUT2D eigenvalue weighted by molar-refractivity contribution is -0.133. The molecule has 1 amide bonds. The molecule has 1 fully saturated rings. The van der Waals surface area contributed by atoms with Crippen molar-refractivity contribution in [1.29, 1.82) is 0 Å². The van der Waals surface area contributed by atoms with Gasteiger partial charge in [0.05, 0.1) is 6.04 Å². The molecule has 5 nitrogen and oxygen atoms in total. The Morgan fingerprint density at radius 3 is 2.65 bits per heavy atom. The molecule has 0 unspecified atom stereocenters. The van der Waals surface area contributed by atoms with E-state index in [1.807, 2.05) is 11.8 Å². The molecule has 0 aliphatic heterocycles. The maximum atomic E-state index is 12.4. The summed E-state index contributed by atoms with van der Waals surface area (Å²) < 4.78 is 0. The van der Waals surface area contributed by atoms with Crippen LogP contribution < -0.4 is 5.73 Å². The van der Waals surface area contributed by atoms with E-state index in [1.54, 1.807) is 6.07 Å². The first kappa shape index (κ1) is 14.7. The molecule has 1 aromatic rings. The van der Waals surface area contributed by atoms with Crippen LogP contribution in [0.1, 0.15) is 31.7 Å². The van der Waals surface area contributed by atoms with Gasteiger partial charge in [0.15, 0.2) is 11.5 Å². The molecule has 1 aromatic carbocycles. The number of phenolic OH excluding ortho intramolecular Hbond substituents is 2. The quantitative estimate of drug-likeness (QED) is 0.686. The van der Waals surface area contributed by atoms with Crippen molar-refractivity contribution in [2.45, 2.75) is 44.7 Å². The third-order valence-corrected chi connectivity index (χ3v) is 3.55. The minimum atomic E-state index is -0.605. The number of carbonyl (C=O) groups is 1. The highest BCUT2D eigenvalue weighted by Crippen LogP contribution is 2.28. The Kier molecular flexibility index (Phi) is 4.49. The summed E-state index contributed by atoms with van der Waals surface area (Å²) >= 11 is 0. The fourth-order valence-electron chi connectivity index (χ4n) is 2.35. The Morgan fingerprint density at radius 2 is 2.10 bits per heavy atom. The van der Waals surface area contributed by atoms with E-state index in [1.165, 1.54) is 12.1 Å². The summed E-state index contributed by atoms with van der Waals surface area (Å²) in [4.78, 5) is 14.2. The van der Waals surface area contributed by atoms with Crippen molar-refractivity contribution in [2.24, 2.45) is 5.73 Å². The van der Waals surface area contributed by atoms with Gasteiger partial charge in [-0.15, -0.1) is 0 Å². The summed E-state index contributed by atoms with van der Waals surface area (Å²) in [6.07, 6.45) is 3.42. The normalized spacial score (nSPS) is 15.9. The molecule has 0 aromatic heterocycles. The molecule has 0 bridgehead atoms. The first-order chi connectivity index (χ1) is 9.52. The number of nitrogens with two attached hydrogens (primary N) is 1. The van der Waals surface area contributed by atoms with Crippen molar-refractivity contribution >= 4 is 5.91 Å². The van der Waals surface area contributed by atoms with Gasteiger partial charge in [0.1, 0.15) is 0 Å². The zero-order valence-electron chi connectivity index (χ0n) is 11.7. The molecule has 20 heavy (non-hydrogen) atoms. The van der Waals surface area contributed by atoms with Crippen molar-refractivity contribution in [3.8, 4) is 11.5 Å². The molecule has 1 atom stereocenters. The molecule has 0 radical (unpaired) electrons. The number of carbonyl (C=O) groups excluding carboxylic acids is 1. The van der Waals surface area contributed by atoms with Crippen LogP contribution in [0.5, 0.6) is 11.5 Å². The van der Waals surface area contributed by atoms with Crippen molar-refractivity contribution in [2.75, 3.05) is 6.54 Å². The van der Waals surface area contributed by atoms with E-state index in [-0.39, 0.29) is 17.4 Å². The second-order valence-corrected chi connectivity index (χ2v) is 5.40. The highest BCUT2D eigenvalue weighted by atomic mass is 16.3. The van der Waals surface area contributed by atoms with Gasteiger partial charge in [-0.05, 0) is 43.4 Å². The molecule has 1 aliphatic rings. The monoisotopic (exact) mass is 278 g/mol. The van der Waals surface area contributed by atoms with Crippen LogP contribution in [0.15, 0.2) is 18.2 Å². The SMILES string of the molecule is CCCN(C(=O)[C@@H](N)Cc1ccc(O)c(O)c1)C1CC1. The maximum absolute atomic E-state index is 12.4. The molecular formula is C15H22N2O3. The van der Waals surface area contributed by atoms with Gasteiger partial charge in [-0.1, -0.05) is 13.0 Å². The zero-order chi connectivity index (χ0) is 14.7. The molecule has 2 rings (SSSR count). The summed E-state index contributed by atoms with van der Waals surface area (Å²) in [7, 11) is 0. The van der Waals surface area contributed by atoms with Crippen LogP contribution >= 0.6 is 0 Å². The zero-order valence-corrected chi connectivity index (χ0v) is 11.7. The minimum Gasteiger partial charge on any atom is -0.504 e. The Hall–Kier alpha value is -1.75. The van der Waals surface area contributed by atoms with E-state index in [0.29, 0.717) is 12.5 Å². The van der Waals surface area contributed by atoms with E-state index in [4.69, 9.17) is 5.73 Å². The summed E-state index contributed by atoms with van der Waals surface area (Å²) in [5.74, 6) is -0.379. The van der Waals surface area contributed by atoms with Crippen LogP contribution in [-0.4, -0.2) is 39.6 Å². The van der Waals surface area contributed by atoms with Gasteiger partial charge < -0.3 is 20.8 Å². The number of phenols is 2. The largest absolute Gasteiger partial charge is 0.504 e. The van der Waals surface area contributed by atoms with Crippen molar-refractivity contribution in [3.05, 3.63) is 23.8 Å². The van der Waals surface area contributed by atoms with Gasteiger partial charge >= 0.3 is 0 Å². The summed E-state index contributed by atoms with van der Waals surface area (Å²) in [6, 6.07) is 4.28. The molecule has 4 N–H and O–H groups in total. The Balaban J connectivity index is 2.00. The van der Waals surface area contributed by atoms with Crippen molar-refractivity contribution in [3.63, 3.8) is 0 Å². The number of benzene rings is 1. The number of amides is 1. The topological polar surface area (TPSA) is 86.8 Å². The van der Waals surface area contributed by atoms with E-state index in [0.717, 1.165) is 31.4 Å². The lowest BCUT2D eigenvalue weighted by Crippen LogP contribution is -2.46. The Morgan fingerprint density at radius 1 is 1.40 bits per heavy atom. The lowest BCUT2D eigenvalue weighted by atomic mass is 10.0. The van der Waals surface area contributed by atoms with Gasteiger partial charge in [0.25, 0.3) is 0 Å². The van der Waals surface area contributed by atoms with Crippen molar-refractivity contribution < 1.29 is 15.0 Å². The fourth-order valence-corrected chi connectivity index (χ4v) is 2.35. The molecule has 0 spiro atoms. The van der Waals surface area contributed by atoms with E-state index >= 15 is 0 Å². The smallest absolute Gasteiger partial charge is 0.240 e. The molecule has 5 heteroatoms. The first-order valence-corrected chi connectivity index (χ1v) is 7.09. The summed E-state index contributed by atoms with van der Waals surface area (Å²) in [5.41, 5.74) is 6.74. The van der Waals surface area contributed by atoms with E-state index in [2.05, 4.69) is 0 Å². The summed E-state index contributed by atoms with van der Waals surface area (Å²) in [6.45, 7) is 2.80. The Labute approximate surface area is 119 Å². The molecule has 1 saturated carbocycles. The molecule has 0 heterocycles. The third kappa shape index (κ3) is 3.42. The first-order valence-electron chi connectivity index (χ1n) is 7.09. The number of hydrogen-bond donors (Lipinski definition) is 3. The average molecular weight is 278 g/mol. The second-order valence-electron chi connectivity index (χ2n) is 5.40. The molecule has 1 aliphatic carbocycles. The predicted octanol–water partition coefficient (Wildman–Crippen LogP) is 1.37. The standard InChI is InChI=1S/C15H22N2O3/c1-2-7-17(11-4-5-11)15(20)12(16)8-10-3-6-13(18)14(19)9-10/h3,6,9,11-12,18-19H,2,4-5,7-8,16H2,1H3/t12-/m0/s1. The fraction of sp³-hybridized carbons (Fsp3) is 0.533. The van der Waals surface area contributed by atoms with Crippen LogP contribution in [-0.2, 0) is 11.2 Å². The second kappa shape index (κ2) is 6.13. The third-order valence-electron chi connectivity index (χ3n) is 3.55. The minimum absolute atomic E-state index is 0.0260. The van der Waals surface area contributed by atoms with Gasteiger partial charge in [-0.25, -0.2) is 0 Å². The van der Waals surface area contributed by atoms with Gasteiger partial charge in [0.2, 0.25) is 5.91 Å². The predicted molar refractivity (Wildman–Crippen MR) is 76.5 cm³/mol. The number of nitrogens with zero attached hydrogens (tertiary/aromatic N) is 1. The van der Waals surface area contributed by atoms with Crippen LogP contribution in [0.25, 0.3) is 0 Å². The van der Waals surface area contributed by atoms with Gasteiger partial charge in [-0.3, -0.25) is 4.79 Å². The lowest BCUT2D eigenvalue weighted by Gasteiger charge is -2.25. The highest BCUT2D eigenvalue weighted by molar-refractivity contribution is 5.82. The van der Waals surface area contributed by atoms with E-state index in [9.17, 15) is 15.0 Å². The van der Waals surface area contributed by atoms with Crippen LogP contribution in [0.3, 0.4) is 0 Å². The van der Waals surface area contributed by atoms with E-state index < -0.39 is 6.04 Å². The Bertz CT molecular complexity index is 486. The van der Waals surface area contributed by atoms with Crippen LogP contribution in [0.4, 0.5) is 0 Å². The van der Waals surface area contributed by atoms with Gasteiger partial charge in [-0.2, -0.15) is 0 Å². The molecule has 0 saturated heterocycles. The molecular weight excluding hydrogens is 256 g/mol. The number of aromatic hydroxyl groups is 2. The number of hydrogen-bond acceptors (Lipinski definition) is 4. The summed E-state index contributed by atoms with van der Waals surface area (Å²) in [5, 5.41) is 18.7. The highest BCUT2D eigenvalue weighted by Gasteiger charge is 2.34. The molecule has 110 valence electrons. The maximum Gasteiger partial charge on any atom is 0.240 e. The average Bonchev–Trinajstić information content (AvgIpc) is 3.24.